The molecule has 2 heterocycles. The Morgan fingerprint density at radius 2 is 1.92 bits per heavy atom. The lowest BCUT2D eigenvalue weighted by Gasteiger charge is -2.34. The second kappa shape index (κ2) is 10.6. The van der Waals surface area contributed by atoms with Crippen molar-refractivity contribution in [3.63, 3.8) is 0 Å². The normalized spacial score (nSPS) is 20.2. The highest BCUT2D eigenvalue weighted by Crippen LogP contribution is 2.41. The zero-order valence-corrected chi connectivity index (χ0v) is 22.2. The summed E-state index contributed by atoms with van der Waals surface area (Å²) < 4.78 is 61.6. The molecule has 0 aliphatic heterocycles. The first kappa shape index (κ1) is 27.9. The van der Waals surface area contributed by atoms with Gasteiger partial charge in [-0.25, -0.2) is 23.4 Å². The van der Waals surface area contributed by atoms with Crippen molar-refractivity contribution in [2.24, 2.45) is 0 Å². The standard InChI is InChI=1S/C24H26F3N5O4S2/c1-14-9-15(11-17(10-14)31-22-28-8-5-19(32-22)24(25,26)27)18-12-29-21(37-18)23(34)6-3-16(4-7-23)30-20(33)13-38(2,35)36/h5,8-12,16,34H,3-4,6-7,13H2,1-2H3,(H,30,33)(H,28,31,32)/t16-,23-. The number of halogens is 3. The van der Waals surface area contributed by atoms with Gasteiger partial charge in [-0.1, -0.05) is 6.07 Å². The van der Waals surface area contributed by atoms with Crippen molar-refractivity contribution in [1.82, 2.24) is 20.3 Å². The van der Waals surface area contributed by atoms with Gasteiger partial charge in [0.2, 0.25) is 11.9 Å². The first-order valence-electron chi connectivity index (χ1n) is 11.7. The fraction of sp³-hybridized carbons (Fsp3) is 0.417. The Kier molecular flexibility index (Phi) is 7.77. The fourth-order valence-corrected chi connectivity index (χ4v) is 5.90. The van der Waals surface area contributed by atoms with Gasteiger partial charge in [-0.2, -0.15) is 13.2 Å². The Hall–Kier alpha value is -3.10. The molecule has 0 radical (unpaired) electrons. The van der Waals surface area contributed by atoms with Crippen LogP contribution in [0.15, 0.2) is 36.7 Å². The zero-order valence-electron chi connectivity index (χ0n) is 20.5. The summed E-state index contributed by atoms with van der Waals surface area (Å²) >= 11 is 1.31. The molecule has 4 rings (SSSR count). The third-order valence-corrected chi connectivity index (χ3v) is 8.07. The van der Waals surface area contributed by atoms with Gasteiger partial charge in [0.05, 0.1) is 4.88 Å². The van der Waals surface area contributed by atoms with Crippen molar-refractivity contribution in [2.45, 2.75) is 50.4 Å². The highest BCUT2D eigenvalue weighted by atomic mass is 32.2. The first-order chi connectivity index (χ1) is 17.7. The summed E-state index contributed by atoms with van der Waals surface area (Å²) in [5.41, 5.74) is -0.131. The number of amides is 1. The van der Waals surface area contributed by atoms with E-state index in [9.17, 15) is 31.5 Å². The minimum absolute atomic E-state index is 0.184. The van der Waals surface area contributed by atoms with Gasteiger partial charge >= 0.3 is 6.18 Å². The van der Waals surface area contributed by atoms with Gasteiger partial charge < -0.3 is 15.7 Å². The van der Waals surface area contributed by atoms with Gasteiger partial charge in [0, 0.05) is 30.4 Å². The van der Waals surface area contributed by atoms with E-state index in [1.165, 1.54) is 11.3 Å². The summed E-state index contributed by atoms with van der Waals surface area (Å²) in [6.45, 7) is 1.84. The number of aromatic nitrogens is 3. The Labute approximate surface area is 221 Å². The van der Waals surface area contributed by atoms with E-state index in [0.717, 1.165) is 34.5 Å². The maximum absolute atomic E-state index is 13.0. The molecule has 1 aliphatic carbocycles. The van der Waals surface area contributed by atoms with Crippen molar-refractivity contribution in [2.75, 3.05) is 17.3 Å². The van der Waals surface area contributed by atoms with E-state index in [0.29, 0.717) is 36.4 Å². The van der Waals surface area contributed by atoms with Crippen LogP contribution in [-0.4, -0.2) is 52.4 Å². The predicted octanol–water partition coefficient (Wildman–Crippen LogP) is 3.96. The Morgan fingerprint density at radius 3 is 2.58 bits per heavy atom. The molecule has 38 heavy (non-hydrogen) atoms. The van der Waals surface area contributed by atoms with Crippen molar-refractivity contribution >= 4 is 38.7 Å². The monoisotopic (exact) mass is 569 g/mol. The van der Waals surface area contributed by atoms with Crippen molar-refractivity contribution in [3.8, 4) is 10.4 Å². The third-order valence-electron chi connectivity index (χ3n) is 6.04. The molecule has 1 fully saturated rings. The maximum Gasteiger partial charge on any atom is 0.433 e. The van der Waals surface area contributed by atoms with Crippen LogP contribution in [0.3, 0.4) is 0 Å². The maximum atomic E-state index is 13.0. The lowest BCUT2D eigenvalue weighted by Crippen LogP contribution is -2.43. The summed E-state index contributed by atoms with van der Waals surface area (Å²) in [6.07, 6.45) is 0.714. The number of benzene rings is 1. The van der Waals surface area contributed by atoms with Gasteiger partial charge in [0.15, 0.2) is 9.84 Å². The van der Waals surface area contributed by atoms with Gasteiger partial charge in [0.1, 0.15) is 22.1 Å². The number of aliphatic hydroxyl groups is 1. The largest absolute Gasteiger partial charge is 0.433 e. The number of rotatable bonds is 7. The van der Waals surface area contributed by atoms with Crippen molar-refractivity contribution in [1.29, 1.82) is 0 Å². The molecule has 0 bridgehead atoms. The molecule has 1 aliphatic rings. The summed E-state index contributed by atoms with van der Waals surface area (Å²) in [5, 5.41) is 17.3. The van der Waals surface area contributed by atoms with E-state index >= 15 is 0 Å². The SMILES string of the molecule is Cc1cc(Nc2nccc(C(F)(F)F)n2)cc(-c2cnc([C@]3(O)CC[C@H](NC(=O)CS(C)(=O)=O)CC3)s2)c1. The van der Waals surface area contributed by atoms with Crippen LogP contribution in [0.5, 0.6) is 0 Å². The lowest BCUT2D eigenvalue weighted by atomic mass is 9.82. The third kappa shape index (κ3) is 7.05. The molecule has 204 valence electrons. The quantitative estimate of drug-likeness (QED) is 0.389. The van der Waals surface area contributed by atoms with Crippen LogP contribution in [0.25, 0.3) is 10.4 Å². The minimum Gasteiger partial charge on any atom is -0.383 e. The highest BCUT2D eigenvalue weighted by molar-refractivity contribution is 7.91. The topological polar surface area (TPSA) is 134 Å². The van der Waals surface area contributed by atoms with Crippen molar-refractivity contribution in [3.05, 3.63) is 52.9 Å². The van der Waals surface area contributed by atoms with Crippen LogP contribution < -0.4 is 10.6 Å². The molecule has 0 spiro atoms. The lowest BCUT2D eigenvalue weighted by molar-refractivity contribution is -0.141. The molecule has 0 atom stereocenters. The Balaban J connectivity index is 1.46. The molecule has 1 saturated carbocycles. The molecule has 0 unspecified atom stereocenters. The number of thiazole rings is 1. The molecule has 3 aromatic rings. The van der Waals surface area contributed by atoms with Gasteiger partial charge in [-0.15, -0.1) is 11.3 Å². The van der Waals surface area contributed by atoms with Crippen molar-refractivity contribution < 1.29 is 31.5 Å². The summed E-state index contributed by atoms with van der Waals surface area (Å²) in [6, 6.07) is 5.96. The van der Waals surface area contributed by atoms with E-state index in [2.05, 4.69) is 25.6 Å². The molecule has 1 aromatic carbocycles. The molecule has 14 heteroatoms. The van der Waals surface area contributed by atoms with Crippen LogP contribution >= 0.6 is 11.3 Å². The average molecular weight is 570 g/mol. The number of aryl methyl sites for hydroxylation is 1. The first-order valence-corrected chi connectivity index (χ1v) is 14.5. The molecular weight excluding hydrogens is 543 g/mol. The number of nitrogens with one attached hydrogen (secondary N) is 2. The van der Waals surface area contributed by atoms with Gasteiger partial charge in [-0.3, -0.25) is 4.79 Å². The summed E-state index contributed by atoms with van der Waals surface area (Å²) in [5.74, 6) is -1.31. The number of anilines is 2. The van der Waals surface area contributed by atoms with E-state index in [1.807, 2.05) is 13.0 Å². The van der Waals surface area contributed by atoms with E-state index in [-0.39, 0.29) is 12.0 Å². The Morgan fingerprint density at radius 1 is 1.21 bits per heavy atom. The van der Waals surface area contributed by atoms with Gasteiger partial charge in [0.25, 0.3) is 0 Å². The molecule has 0 saturated heterocycles. The molecule has 9 nitrogen and oxygen atoms in total. The van der Waals surface area contributed by atoms with E-state index in [4.69, 9.17) is 0 Å². The predicted molar refractivity (Wildman–Crippen MR) is 137 cm³/mol. The Bertz CT molecular complexity index is 1430. The fourth-order valence-electron chi connectivity index (χ4n) is 4.29. The number of hydrogen-bond donors (Lipinski definition) is 3. The van der Waals surface area contributed by atoms with Crippen LogP contribution in [-0.2, 0) is 26.4 Å². The molecule has 3 N–H and O–H groups in total. The number of alkyl halides is 3. The van der Waals surface area contributed by atoms with E-state index in [1.54, 1.807) is 18.3 Å². The number of carbonyl (C=O) groups is 1. The van der Waals surface area contributed by atoms with Crippen LogP contribution in [0.1, 0.15) is 41.9 Å². The minimum atomic E-state index is -4.59. The van der Waals surface area contributed by atoms with Gasteiger partial charge in [-0.05, 0) is 61.9 Å². The summed E-state index contributed by atoms with van der Waals surface area (Å²) in [4.78, 5) is 24.5. The highest BCUT2D eigenvalue weighted by Gasteiger charge is 2.38. The van der Waals surface area contributed by atoms with E-state index < -0.39 is 39.0 Å². The zero-order chi connectivity index (χ0) is 27.7. The van der Waals surface area contributed by atoms with Crippen LogP contribution in [0, 0.1) is 6.92 Å². The van der Waals surface area contributed by atoms with Crippen LogP contribution in [0.4, 0.5) is 24.8 Å². The molecule has 2 aromatic heterocycles. The second-order valence-corrected chi connectivity index (χ2v) is 12.6. The number of hydrogen-bond acceptors (Lipinski definition) is 9. The number of carbonyl (C=O) groups excluding carboxylic acids is 1. The average Bonchev–Trinajstić information content (AvgIpc) is 3.30. The second-order valence-electron chi connectivity index (χ2n) is 9.45. The number of nitrogens with zero attached hydrogens (tertiary/aromatic N) is 3. The smallest absolute Gasteiger partial charge is 0.383 e. The van der Waals surface area contributed by atoms with Crippen LogP contribution in [0.2, 0.25) is 0 Å². The molecular formula is C24H26F3N5O4S2. The number of sulfone groups is 1. The summed E-state index contributed by atoms with van der Waals surface area (Å²) in [7, 11) is -3.42. The molecule has 1 amide bonds.